The van der Waals surface area contributed by atoms with E-state index in [2.05, 4.69) is 9.98 Å². The van der Waals surface area contributed by atoms with E-state index < -0.39 is 11.9 Å². The van der Waals surface area contributed by atoms with Gasteiger partial charge in [-0.15, -0.1) is 11.3 Å². The van der Waals surface area contributed by atoms with Crippen molar-refractivity contribution >= 4 is 29.0 Å². The molecule has 0 unspecified atom stereocenters. The molecule has 6 nitrogen and oxygen atoms in total. The highest BCUT2D eigenvalue weighted by Gasteiger charge is 2.11. The molecule has 1 heterocycles. The van der Waals surface area contributed by atoms with Crippen molar-refractivity contribution in [2.75, 3.05) is 0 Å². The Morgan fingerprint density at radius 1 is 1.00 bits per heavy atom. The van der Waals surface area contributed by atoms with Gasteiger partial charge in [0.15, 0.2) is 0 Å². The van der Waals surface area contributed by atoms with Crippen LogP contribution in [0.5, 0.6) is 0 Å². The average Bonchev–Trinajstić information content (AvgIpc) is 2.54. The van der Waals surface area contributed by atoms with Gasteiger partial charge in [-0.3, -0.25) is 4.98 Å². The molecule has 7 heteroatoms. The number of fused-ring (bicyclic) bond motifs is 1. The fourth-order valence-corrected chi connectivity index (χ4v) is 2.76. The van der Waals surface area contributed by atoms with Crippen molar-refractivity contribution in [2.45, 2.75) is 0 Å². The number of carboxylic acids is 2. The summed E-state index contributed by atoms with van der Waals surface area (Å²) in [6.45, 7) is 0. The number of nitrogens with zero attached hydrogens (tertiary/aromatic N) is 2. The highest BCUT2D eigenvalue weighted by atomic mass is 32.1. The molecule has 2 aliphatic rings. The van der Waals surface area contributed by atoms with Crippen LogP contribution in [0.4, 0.5) is 5.69 Å². The van der Waals surface area contributed by atoms with Crippen molar-refractivity contribution in [2.24, 2.45) is 4.99 Å². The van der Waals surface area contributed by atoms with Crippen LogP contribution >= 0.6 is 11.3 Å². The van der Waals surface area contributed by atoms with Crippen LogP contribution in [-0.4, -0.2) is 27.1 Å². The fraction of sp³-hybridized carbons (Fsp3) is 0. The summed E-state index contributed by atoms with van der Waals surface area (Å²) >= 11 is 1.51. The molecule has 1 aromatic carbocycles. The van der Waals surface area contributed by atoms with Gasteiger partial charge in [-0.05, 0) is 36.4 Å². The van der Waals surface area contributed by atoms with Gasteiger partial charge in [-0.2, -0.15) is 0 Å². The normalized spacial score (nSPS) is 11.6. The summed E-state index contributed by atoms with van der Waals surface area (Å²) in [5, 5.41) is 20.6. The predicted molar refractivity (Wildman–Crippen MR) is 84.3 cm³/mol. The van der Waals surface area contributed by atoms with Crippen LogP contribution in [0.1, 0.15) is 20.7 Å². The standard InChI is InChI=1S/C16H10N2O4S/c19-15(20)9-5-10(16(21)22)7-12(6-9)18-11-1-2-13-14(8-11)23-4-3-17-13/h1-8H,(H,19,20)(H,21,22). The minimum absolute atomic E-state index is 0.117. The van der Waals surface area contributed by atoms with Crippen LogP contribution in [0.3, 0.4) is 0 Å². The summed E-state index contributed by atoms with van der Waals surface area (Å²) in [4.78, 5) is 31.7. The molecular weight excluding hydrogens is 316 g/mol. The van der Waals surface area contributed by atoms with Crippen LogP contribution < -0.4 is 5.36 Å². The SMILES string of the molecule is O=C(O)c1cc(N=c2ccc3nccsc-3c2)cc(C(=O)O)c1. The molecule has 1 aliphatic heterocycles. The molecular formula is C16H10N2O4S. The first-order chi connectivity index (χ1) is 11.0. The maximum absolute atomic E-state index is 11.1. The maximum Gasteiger partial charge on any atom is 0.335 e. The lowest BCUT2D eigenvalue weighted by Crippen LogP contribution is -2.04. The van der Waals surface area contributed by atoms with Crippen LogP contribution in [0.25, 0.3) is 10.6 Å². The third kappa shape index (κ3) is 3.24. The second-order valence-electron chi connectivity index (χ2n) is 4.67. The van der Waals surface area contributed by atoms with Gasteiger partial charge in [0.25, 0.3) is 0 Å². The molecule has 0 atom stereocenters. The van der Waals surface area contributed by atoms with E-state index in [0.717, 1.165) is 16.6 Å². The molecule has 2 N–H and O–H groups in total. The second kappa shape index (κ2) is 5.98. The van der Waals surface area contributed by atoms with E-state index in [0.29, 0.717) is 5.36 Å². The van der Waals surface area contributed by atoms with E-state index in [1.165, 1.54) is 23.5 Å². The van der Waals surface area contributed by atoms with Crippen LogP contribution in [0, 0.1) is 0 Å². The zero-order chi connectivity index (χ0) is 16.4. The Kier molecular flexibility index (Phi) is 3.86. The molecule has 0 bridgehead atoms. The first-order valence-electron chi connectivity index (χ1n) is 6.53. The molecule has 1 aliphatic carbocycles. The van der Waals surface area contributed by atoms with Gasteiger partial charge in [0.05, 0.1) is 32.7 Å². The lowest BCUT2D eigenvalue weighted by atomic mass is 10.1. The minimum atomic E-state index is -1.20. The topological polar surface area (TPSA) is 99.9 Å². The van der Waals surface area contributed by atoms with E-state index in [1.54, 1.807) is 12.3 Å². The van der Waals surface area contributed by atoms with E-state index in [1.807, 2.05) is 17.5 Å². The van der Waals surface area contributed by atoms with Crippen molar-refractivity contribution in [3.05, 3.63) is 64.5 Å². The van der Waals surface area contributed by atoms with E-state index >= 15 is 0 Å². The van der Waals surface area contributed by atoms with Crippen LogP contribution in [-0.2, 0) is 0 Å². The lowest BCUT2D eigenvalue weighted by Gasteiger charge is -2.03. The van der Waals surface area contributed by atoms with Crippen molar-refractivity contribution in [3.8, 4) is 10.6 Å². The largest absolute Gasteiger partial charge is 0.478 e. The number of hydrogen-bond acceptors (Lipinski definition) is 5. The Balaban J connectivity index is 2.15. The van der Waals surface area contributed by atoms with Crippen LogP contribution in [0.2, 0.25) is 0 Å². The zero-order valence-electron chi connectivity index (χ0n) is 11.6. The van der Waals surface area contributed by atoms with Gasteiger partial charge in [-0.1, -0.05) is 0 Å². The first-order valence-corrected chi connectivity index (χ1v) is 7.41. The monoisotopic (exact) mass is 326 g/mol. The third-order valence-electron chi connectivity index (χ3n) is 3.08. The molecule has 0 spiro atoms. The summed E-state index contributed by atoms with van der Waals surface area (Å²) in [6.07, 6.45) is 1.71. The number of carboxylic acid groups (broad SMARTS) is 2. The highest BCUT2D eigenvalue weighted by Crippen LogP contribution is 2.21. The summed E-state index contributed by atoms with van der Waals surface area (Å²) in [5.74, 6) is -2.40. The first kappa shape index (κ1) is 14.9. The second-order valence-corrected chi connectivity index (χ2v) is 5.62. The molecule has 3 rings (SSSR count). The number of hydrogen-bond donors (Lipinski definition) is 2. The molecule has 0 saturated carbocycles. The van der Waals surface area contributed by atoms with Crippen molar-refractivity contribution in [1.82, 2.24) is 4.98 Å². The molecule has 1 aromatic rings. The Hall–Kier alpha value is -3.06. The van der Waals surface area contributed by atoms with Crippen LogP contribution in [0.15, 0.2) is 53.0 Å². The summed E-state index contributed by atoms with van der Waals surface area (Å²) in [5.41, 5.74) is 0.875. The Morgan fingerprint density at radius 3 is 2.35 bits per heavy atom. The van der Waals surface area contributed by atoms with Crippen molar-refractivity contribution in [1.29, 1.82) is 0 Å². The van der Waals surface area contributed by atoms with Gasteiger partial charge in [0.1, 0.15) is 0 Å². The highest BCUT2D eigenvalue weighted by molar-refractivity contribution is 7.13. The number of aromatic nitrogens is 1. The van der Waals surface area contributed by atoms with Gasteiger partial charge < -0.3 is 10.2 Å². The smallest absolute Gasteiger partial charge is 0.335 e. The minimum Gasteiger partial charge on any atom is -0.478 e. The fourth-order valence-electron chi connectivity index (χ4n) is 2.06. The van der Waals surface area contributed by atoms with Crippen molar-refractivity contribution < 1.29 is 19.8 Å². The Bertz CT molecular complexity index is 916. The summed E-state index contributed by atoms with van der Waals surface area (Å²) in [6, 6.07) is 9.16. The van der Waals surface area contributed by atoms with E-state index in [4.69, 9.17) is 10.2 Å². The predicted octanol–water partition coefficient (Wildman–Crippen LogP) is 2.88. The lowest BCUT2D eigenvalue weighted by molar-refractivity contribution is 0.0696. The summed E-state index contributed by atoms with van der Waals surface area (Å²) < 4.78 is 0. The number of carbonyl (C=O) groups is 2. The van der Waals surface area contributed by atoms with Gasteiger partial charge in [0, 0.05) is 11.6 Å². The molecule has 0 radical (unpaired) electrons. The zero-order valence-corrected chi connectivity index (χ0v) is 12.4. The molecule has 0 aromatic heterocycles. The third-order valence-corrected chi connectivity index (χ3v) is 3.92. The molecule has 23 heavy (non-hydrogen) atoms. The number of benzene rings is 2. The quantitative estimate of drug-likeness (QED) is 0.771. The van der Waals surface area contributed by atoms with Crippen molar-refractivity contribution in [3.63, 3.8) is 0 Å². The Labute approximate surface area is 134 Å². The van der Waals surface area contributed by atoms with Gasteiger partial charge in [0.2, 0.25) is 0 Å². The molecule has 0 amide bonds. The number of rotatable bonds is 3. The molecule has 114 valence electrons. The van der Waals surface area contributed by atoms with Gasteiger partial charge in [-0.25, -0.2) is 14.6 Å². The summed E-state index contributed by atoms with van der Waals surface area (Å²) in [7, 11) is 0. The maximum atomic E-state index is 11.1. The van der Waals surface area contributed by atoms with E-state index in [9.17, 15) is 9.59 Å². The van der Waals surface area contributed by atoms with E-state index in [-0.39, 0.29) is 16.8 Å². The molecule has 0 saturated heterocycles. The van der Waals surface area contributed by atoms with Gasteiger partial charge >= 0.3 is 11.9 Å². The molecule has 0 fully saturated rings. The Morgan fingerprint density at radius 2 is 1.70 bits per heavy atom. The average molecular weight is 326 g/mol. The number of aromatic carboxylic acids is 2.